The molecule has 0 atom stereocenters. The lowest BCUT2D eigenvalue weighted by molar-refractivity contribution is -0.120. The highest BCUT2D eigenvalue weighted by Gasteiger charge is 2.20. The molecule has 0 bridgehead atoms. The van der Waals surface area contributed by atoms with Crippen molar-refractivity contribution in [1.82, 2.24) is 4.31 Å². The van der Waals surface area contributed by atoms with Gasteiger partial charge < -0.3 is 15.9 Å². The van der Waals surface area contributed by atoms with Crippen molar-refractivity contribution in [2.45, 2.75) is 18.7 Å². The van der Waals surface area contributed by atoms with E-state index >= 15 is 0 Å². The molecule has 0 fully saturated rings. The fourth-order valence-corrected chi connectivity index (χ4v) is 3.48. The van der Waals surface area contributed by atoms with Gasteiger partial charge in [0.2, 0.25) is 10.0 Å². The SMILES string of the molecule is Cc1cc(S(=O)(=O)N(C)C)cc(NC(=O)CO/N=C(\N)c2ccc(Cl)cc2)c1C. The molecule has 0 aromatic heterocycles. The third-order valence-electron chi connectivity index (χ3n) is 4.19. The average molecular weight is 439 g/mol. The van der Waals surface area contributed by atoms with Crippen molar-refractivity contribution in [3.8, 4) is 0 Å². The Bertz CT molecular complexity index is 1030. The van der Waals surface area contributed by atoms with E-state index in [0.29, 0.717) is 16.3 Å². The highest BCUT2D eigenvalue weighted by Crippen LogP contribution is 2.25. The first-order valence-electron chi connectivity index (χ1n) is 8.57. The van der Waals surface area contributed by atoms with Gasteiger partial charge in [0, 0.05) is 30.4 Å². The van der Waals surface area contributed by atoms with Crippen LogP contribution in [-0.4, -0.2) is 45.2 Å². The van der Waals surface area contributed by atoms with Crippen LogP contribution in [0.15, 0.2) is 46.4 Å². The number of carbonyl (C=O) groups excluding carboxylic acids is 1. The lowest BCUT2D eigenvalue weighted by Crippen LogP contribution is -2.23. The van der Waals surface area contributed by atoms with Crippen molar-refractivity contribution in [2.75, 3.05) is 26.0 Å². The maximum absolute atomic E-state index is 12.4. The van der Waals surface area contributed by atoms with Crippen molar-refractivity contribution in [1.29, 1.82) is 0 Å². The van der Waals surface area contributed by atoms with Crippen molar-refractivity contribution in [2.24, 2.45) is 10.9 Å². The first kappa shape index (κ1) is 22.7. The number of halogens is 1. The quantitative estimate of drug-likeness (QED) is 0.391. The van der Waals surface area contributed by atoms with Gasteiger partial charge in [-0.2, -0.15) is 0 Å². The molecule has 0 aliphatic rings. The van der Waals surface area contributed by atoms with Crippen molar-refractivity contribution >= 4 is 39.1 Å². The molecule has 0 aliphatic heterocycles. The Balaban J connectivity index is 2.09. The Hall–Kier alpha value is -2.62. The minimum Gasteiger partial charge on any atom is -0.384 e. The van der Waals surface area contributed by atoms with Crippen molar-refractivity contribution in [3.05, 3.63) is 58.1 Å². The third kappa shape index (κ3) is 5.69. The Morgan fingerprint density at radius 2 is 1.83 bits per heavy atom. The zero-order valence-electron chi connectivity index (χ0n) is 16.6. The molecule has 10 heteroatoms. The smallest absolute Gasteiger partial charge is 0.265 e. The summed E-state index contributed by atoms with van der Waals surface area (Å²) in [5.41, 5.74) is 8.27. The van der Waals surface area contributed by atoms with E-state index in [1.54, 1.807) is 44.2 Å². The van der Waals surface area contributed by atoms with E-state index in [0.717, 1.165) is 15.4 Å². The lowest BCUT2D eigenvalue weighted by atomic mass is 10.1. The summed E-state index contributed by atoms with van der Waals surface area (Å²) in [4.78, 5) is 17.3. The summed E-state index contributed by atoms with van der Waals surface area (Å²) in [5, 5.41) is 6.92. The highest BCUT2D eigenvalue weighted by atomic mass is 35.5. The number of oxime groups is 1. The number of hydrogen-bond acceptors (Lipinski definition) is 5. The van der Waals surface area contributed by atoms with Gasteiger partial charge >= 0.3 is 0 Å². The molecule has 0 spiro atoms. The first-order valence-corrected chi connectivity index (χ1v) is 10.4. The number of anilines is 1. The Kier molecular flexibility index (Phi) is 7.23. The monoisotopic (exact) mass is 438 g/mol. The summed E-state index contributed by atoms with van der Waals surface area (Å²) >= 11 is 5.81. The van der Waals surface area contributed by atoms with Gasteiger partial charge in [-0.15, -0.1) is 0 Å². The fourth-order valence-electron chi connectivity index (χ4n) is 2.34. The predicted molar refractivity (Wildman–Crippen MR) is 114 cm³/mol. The fraction of sp³-hybridized carbons (Fsp3) is 0.263. The minimum atomic E-state index is -3.63. The Morgan fingerprint density at radius 3 is 2.41 bits per heavy atom. The summed E-state index contributed by atoms with van der Waals surface area (Å²) in [6, 6.07) is 9.65. The summed E-state index contributed by atoms with van der Waals surface area (Å²) in [6.07, 6.45) is 0. The molecule has 0 unspecified atom stereocenters. The van der Waals surface area contributed by atoms with Gasteiger partial charge in [-0.1, -0.05) is 16.8 Å². The van der Waals surface area contributed by atoms with Crippen LogP contribution in [0.25, 0.3) is 0 Å². The molecular formula is C19H23ClN4O4S. The maximum Gasteiger partial charge on any atom is 0.265 e. The molecule has 0 saturated heterocycles. The Labute approximate surface area is 175 Å². The molecule has 0 heterocycles. The number of benzene rings is 2. The van der Waals surface area contributed by atoms with Crippen LogP contribution in [0.2, 0.25) is 5.02 Å². The van der Waals surface area contributed by atoms with E-state index in [4.69, 9.17) is 22.2 Å². The van der Waals surface area contributed by atoms with Crippen LogP contribution in [0.5, 0.6) is 0 Å². The zero-order valence-corrected chi connectivity index (χ0v) is 18.1. The van der Waals surface area contributed by atoms with Gasteiger partial charge in [0.25, 0.3) is 5.91 Å². The maximum atomic E-state index is 12.4. The van der Waals surface area contributed by atoms with Gasteiger partial charge in [-0.05, 0) is 61.4 Å². The van der Waals surface area contributed by atoms with E-state index in [1.807, 2.05) is 0 Å². The molecule has 1 amide bonds. The second-order valence-corrected chi connectivity index (χ2v) is 9.09. The van der Waals surface area contributed by atoms with Crippen molar-refractivity contribution < 1.29 is 18.0 Å². The molecule has 156 valence electrons. The topological polar surface area (TPSA) is 114 Å². The highest BCUT2D eigenvalue weighted by molar-refractivity contribution is 7.89. The number of nitrogens with zero attached hydrogens (tertiary/aromatic N) is 2. The molecule has 8 nitrogen and oxygen atoms in total. The van der Waals surface area contributed by atoms with E-state index < -0.39 is 22.5 Å². The van der Waals surface area contributed by atoms with Gasteiger partial charge in [0.05, 0.1) is 4.90 Å². The summed E-state index contributed by atoms with van der Waals surface area (Å²) in [5.74, 6) is -0.403. The molecule has 29 heavy (non-hydrogen) atoms. The molecular weight excluding hydrogens is 416 g/mol. The number of sulfonamides is 1. The second kappa shape index (κ2) is 9.25. The van der Waals surface area contributed by atoms with Crippen LogP contribution < -0.4 is 11.1 Å². The molecule has 2 aromatic rings. The van der Waals surface area contributed by atoms with E-state index in [1.165, 1.54) is 20.2 Å². The number of amidine groups is 1. The minimum absolute atomic E-state index is 0.0897. The van der Waals surface area contributed by atoms with Crippen LogP contribution in [0, 0.1) is 13.8 Å². The van der Waals surface area contributed by atoms with Crippen molar-refractivity contribution in [3.63, 3.8) is 0 Å². The van der Waals surface area contributed by atoms with E-state index in [9.17, 15) is 13.2 Å². The summed E-state index contributed by atoms with van der Waals surface area (Å²) in [6.45, 7) is 3.17. The molecule has 0 aliphatic carbocycles. The zero-order chi connectivity index (χ0) is 21.8. The predicted octanol–water partition coefficient (Wildman–Crippen LogP) is 2.48. The first-order chi connectivity index (χ1) is 13.5. The average Bonchev–Trinajstić information content (AvgIpc) is 2.65. The second-order valence-electron chi connectivity index (χ2n) is 6.51. The normalized spacial score (nSPS) is 12.1. The lowest BCUT2D eigenvalue weighted by Gasteiger charge is -2.16. The number of aryl methyl sites for hydroxylation is 1. The number of hydrogen-bond donors (Lipinski definition) is 2. The number of nitrogens with one attached hydrogen (secondary N) is 1. The van der Waals surface area contributed by atoms with Gasteiger partial charge in [-0.3, -0.25) is 4.79 Å². The molecule has 0 radical (unpaired) electrons. The van der Waals surface area contributed by atoms with Crippen LogP contribution in [-0.2, 0) is 19.7 Å². The largest absolute Gasteiger partial charge is 0.384 e. The standard InChI is InChI=1S/C19H23ClN4O4S/c1-12-9-16(29(26,27)24(3)4)10-17(13(12)2)22-18(25)11-28-23-19(21)14-5-7-15(20)8-6-14/h5-10H,11H2,1-4H3,(H2,21,23)(H,22,25). The molecule has 2 rings (SSSR count). The van der Waals surface area contributed by atoms with Gasteiger partial charge in [0.1, 0.15) is 0 Å². The third-order valence-corrected chi connectivity index (χ3v) is 6.24. The summed E-state index contributed by atoms with van der Waals surface area (Å²) in [7, 11) is -0.745. The number of nitrogens with two attached hydrogens (primary N) is 1. The molecule has 2 aromatic carbocycles. The van der Waals surface area contributed by atoms with Crippen LogP contribution in [0.3, 0.4) is 0 Å². The number of amides is 1. The van der Waals surface area contributed by atoms with E-state index in [-0.39, 0.29) is 10.7 Å². The van der Waals surface area contributed by atoms with Gasteiger partial charge in [0.15, 0.2) is 12.4 Å². The van der Waals surface area contributed by atoms with Crippen LogP contribution in [0.4, 0.5) is 5.69 Å². The van der Waals surface area contributed by atoms with E-state index in [2.05, 4.69) is 10.5 Å². The van der Waals surface area contributed by atoms with Gasteiger partial charge in [-0.25, -0.2) is 12.7 Å². The van der Waals surface area contributed by atoms with Crippen LogP contribution in [0.1, 0.15) is 16.7 Å². The Morgan fingerprint density at radius 1 is 1.21 bits per heavy atom. The number of rotatable bonds is 7. The van der Waals surface area contributed by atoms with Crippen LogP contribution >= 0.6 is 11.6 Å². The molecule has 3 N–H and O–H groups in total. The number of carbonyl (C=O) groups is 1. The molecule has 0 saturated carbocycles. The summed E-state index contributed by atoms with van der Waals surface area (Å²) < 4.78 is 25.9.